The SMILES string of the molecule is COc1nc(-c2ccc(Cl)cc2F)ccc1N. The smallest absolute Gasteiger partial charge is 0.237 e. The molecule has 0 radical (unpaired) electrons. The summed E-state index contributed by atoms with van der Waals surface area (Å²) in [6.45, 7) is 0. The van der Waals surface area contributed by atoms with E-state index < -0.39 is 5.82 Å². The second-order valence-corrected chi connectivity index (χ2v) is 3.86. The van der Waals surface area contributed by atoms with E-state index in [0.29, 0.717) is 22.0 Å². The summed E-state index contributed by atoms with van der Waals surface area (Å²) in [6.07, 6.45) is 0. The number of nitrogen functional groups attached to an aromatic ring is 1. The van der Waals surface area contributed by atoms with Gasteiger partial charge in [-0.15, -0.1) is 0 Å². The van der Waals surface area contributed by atoms with Gasteiger partial charge in [0.1, 0.15) is 5.82 Å². The molecule has 17 heavy (non-hydrogen) atoms. The van der Waals surface area contributed by atoms with Crippen LogP contribution in [0.2, 0.25) is 5.02 Å². The zero-order valence-electron chi connectivity index (χ0n) is 9.08. The topological polar surface area (TPSA) is 48.1 Å². The van der Waals surface area contributed by atoms with E-state index in [0.717, 1.165) is 0 Å². The minimum absolute atomic E-state index is 0.275. The van der Waals surface area contributed by atoms with Gasteiger partial charge in [0, 0.05) is 10.6 Å². The van der Waals surface area contributed by atoms with Crippen LogP contribution in [-0.4, -0.2) is 12.1 Å². The molecule has 2 aromatic rings. The lowest BCUT2D eigenvalue weighted by Crippen LogP contribution is -1.97. The molecule has 0 fully saturated rings. The molecule has 0 bridgehead atoms. The van der Waals surface area contributed by atoms with Crippen LogP contribution in [0.4, 0.5) is 10.1 Å². The number of hydrogen-bond donors (Lipinski definition) is 1. The Bertz CT molecular complexity index is 560. The third kappa shape index (κ3) is 2.31. The molecule has 0 aliphatic carbocycles. The molecule has 0 unspecified atom stereocenters. The van der Waals surface area contributed by atoms with Crippen LogP contribution in [-0.2, 0) is 0 Å². The number of anilines is 1. The highest BCUT2D eigenvalue weighted by Gasteiger charge is 2.09. The second kappa shape index (κ2) is 4.59. The summed E-state index contributed by atoms with van der Waals surface area (Å²) >= 11 is 5.68. The van der Waals surface area contributed by atoms with Gasteiger partial charge in [-0.25, -0.2) is 9.37 Å². The molecule has 3 nitrogen and oxygen atoms in total. The van der Waals surface area contributed by atoms with E-state index in [1.165, 1.54) is 13.2 Å². The maximum Gasteiger partial charge on any atom is 0.237 e. The summed E-state index contributed by atoms with van der Waals surface area (Å²) in [4.78, 5) is 4.12. The van der Waals surface area contributed by atoms with Gasteiger partial charge in [-0.2, -0.15) is 0 Å². The molecule has 88 valence electrons. The van der Waals surface area contributed by atoms with Crippen LogP contribution >= 0.6 is 11.6 Å². The molecule has 0 atom stereocenters. The molecule has 1 aromatic heterocycles. The zero-order chi connectivity index (χ0) is 12.4. The van der Waals surface area contributed by atoms with Crippen molar-refractivity contribution in [2.45, 2.75) is 0 Å². The largest absolute Gasteiger partial charge is 0.480 e. The molecule has 0 saturated heterocycles. The van der Waals surface area contributed by atoms with E-state index in [1.54, 1.807) is 24.3 Å². The van der Waals surface area contributed by atoms with E-state index in [9.17, 15) is 4.39 Å². The minimum Gasteiger partial charge on any atom is -0.480 e. The first-order valence-electron chi connectivity index (χ1n) is 4.87. The Labute approximate surface area is 103 Å². The van der Waals surface area contributed by atoms with Gasteiger partial charge >= 0.3 is 0 Å². The van der Waals surface area contributed by atoms with Crippen LogP contribution in [0, 0.1) is 5.82 Å². The van der Waals surface area contributed by atoms with E-state index in [-0.39, 0.29) is 5.88 Å². The van der Waals surface area contributed by atoms with Crippen LogP contribution in [0.1, 0.15) is 0 Å². The summed E-state index contributed by atoms with van der Waals surface area (Å²) in [5.41, 5.74) is 6.85. The van der Waals surface area contributed by atoms with Gasteiger partial charge in [0.25, 0.3) is 0 Å². The molecule has 0 spiro atoms. The molecule has 0 aliphatic rings. The first kappa shape index (κ1) is 11.7. The fourth-order valence-electron chi connectivity index (χ4n) is 1.46. The number of rotatable bonds is 2. The van der Waals surface area contributed by atoms with Gasteiger partial charge in [0.2, 0.25) is 5.88 Å². The van der Waals surface area contributed by atoms with Crippen LogP contribution < -0.4 is 10.5 Å². The van der Waals surface area contributed by atoms with Crippen LogP contribution in [0.25, 0.3) is 11.3 Å². The van der Waals surface area contributed by atoms with Gasteiger partial charge in [-0.3, -0.25) is 0 Å². The second-order valence-electron chi connectivity index (χ2n) is 3.42. The zero-order valence-corrected chi connectivity index (χ0v) is 9.83. The number of halogens is 2. The highest BCUT2D eigenvalue weighted by Crippen LogP contribution is 2.27. The van der Waals surface area contributed by atoms with Gasteiger partial charge < -0.3 is 10.5 Å². The van der Waals surface area contributed by atoms with Crippen molar-refractivity contribution in [2.75, 3.05) is 12.8 Å². The number of hydrogen-bond acceptors (Lipinski definition) is 3. The number of nitrogens with two attached hydrogens (primary N) is 1. The number of methoxy groups -OCH3 is 1. The van der Waals surface area contributed by atoms with Crippen molar-refractivity contribution in [3.63, 3.8) is 0 Å². The van der Waals surface area contributed by atoms with E-state index in [4.69, 9.17) is 22.1 Å². The molecule has 1 aromatic carbocycles. The quantitative estimate of drug-likeness (QED) is 0.893. The van der Waals surface area contributed by atoms with Crippen LogP contribution in [0.15, 0.2) is 30.3 Å². The Kier molecular flexibility index (Phi) is 3.15. The lowest BCUT2D eigenvalue weighted by atomic mass is 10.1. The number of pyridine rings is 1. The van der Waals surface area contributed by atoms with Crippen molar-refractivity contribution in [3.05, 3.63) is 41.2 Å². The lowest BCUT2D eigenvalue weighted by Gasteiger charge is -2.07. The normalized spacial score (nSPS) is 10.3. The molecule has 5 heteroatoms. The van der Waals surface area contributed by atoms with E-state index in [1.807, 2.05) is 0 Å². The van der Waals surface area contributed by atoms with Crippen molar-refractivity contribution in [1.82, 2.24) is 4.98 Å². The summed E-state index contributed by atoms with van der Waals surface area (Å²) in [5, 5.41) is 0.341. The summed E-state index contributed by atoms with van der Waals surface area (Å²) in [5.74, 6) is -0.159. The monoisotopic (exact) mass is 252 g/mol. The minimum atomic E-state index is -0.433. The van der Waals surface area contributed by atoms with Crippen molar-refractivity contribution in [3.8, 4) is 17.1 Å². The van der Waals surface area contributed by atoms with Gasteiger partial charge in [0.15, 0.2) is 0 Å². The highest BCUT2D eigenvalue weighted by atomic mass is 35.5. The average molecular weight is 253 g/mol. The van der Waals surface area contributed by atoms with Crippen LogP contribution in [0.5, 0.6) is 5.88 Å². The molecule has 2 N–H and O–H groups in total. The predicted octanol–water partition coefficient (Wildman–Crippen LogP) is 3.13. The first-order valence-corrected chi connectivity index (χ1v) is 5.25. The Morgan fingerprint density at radius 3 is 2.71 bits per heavy atom. The Morgan fingerprint density at radius 2 is 2.06 bits per heavy atom. The summed E-state index contributed by atoms with van der Waals surface area (Å²) in [6, 6.07) is 7.65. The Balaban J connectivity index is 2.53. The van der Waals surface area contributed by atoms with Gasteiger partial charge in [-0.05, 0) is 30.3 Å². The third-order valence-corrected chi connectivity index (χ3v) is 2.53. The van der Waals surface area contributed by atoms with E-state index in [2.05, 4.69) is 4.98 Å². The number of nitrogens with zero attached hydrogens (tertiary/aromatic N) is 1. The number of aromatic nitrogens is 1. The lowest BCUT2D eigenvalue weighted by molar-refractivity contribution is 0.401. The molecule has 2 rings (SSSR count). The van der Waals surface area contributed by atoms with Crippen molar-refractivity contribution in [1.29, 1.82) is 0 Å². The van der Waals surface area contributed by atoms with Crippen molar-refractivity contribution >= 4 is 17.3 Å². The molecule has 1 heterocycles. The predicted molar refractivity (Wildman–Crippen MR) is 65.6 cm³/mol. The molecular formula is C12H10ClFN2O. The van der Waals surface area contributed by atoms with E-state index >= 15 is 0 Å². The molecule has 0 amide bonds. The number of ether oxygens (including phenoxy) is 1. The Hall–Kier alpha value is -1.81. The summed E-state index contributed by atoms with van der Waals surface area (Å²) < 4.78 is 18.7. The fraction of sp³-hybridized carbons (Fsp3) is 0.0833. The van der Waals surface area contributed by atoms with Crippen LogP contribution in [0.3, 0.4) is 0 Å². The van der Waals surface area contributed by atoms with Gasteiger partial charge in [0.05, 0.1) is 18.5 Å². The fourth-order valence-corrected chi connectivity index (χ4v) is 1.62. The van der Waals surface area contributed by atoms with Crippen molar-refractivity contribution < 1.29 is 9.13 Å². The first-order chi connectivity index (χ1) is 8.11. The summed E-state index contributed by atoms with van der Waals surface area (Å²) in [7, 11) is 1.46. The maximum absolute atomic E-state index is 13.7. The maximum atomic E-state index is 13.7. The van der Waals surface area contributed by atoms with Crippen molar-refractivity contribution in [2.24, 2.45) is 0 Å². The Morgan fingerprint density at radius 1 is 1.29 bits per heavy atom. The third-order valence-electron chi connectivity index (χ3n) is 2.29. The molecular weight excluding hydrogens is 243 g/mol. The average Bonchev–Trinajstić information content (AvgIpc) is 2.30. The van der Waals surface area contributed by atoms with Gasteiger partial charge in [-0.1, -0.05) is 11.6 Å². The standard InChI is InChI=1S/C12H10ClFN2O/c1-17-12-10(15)4-5-11(16-12)8-3-2-7(13)6-9(8)14/h2-6H,15H2,1H3. The highest BCUT2D eigenvalue weighted by molar-refractivity contribution is 6.30. The molecule has 0 aliphatic heterocycles. The molecule has 0 saturated carbocycles. The number of benzene rings is 1.